The number of nitro benzene ring substituents is 1. The molecule has 0 bridgehead atoms. The van der Waals surface area contributed by atoms with E-state index in [2.05, 4.69) is 10.6 Å². The molecular weight excluding hydrogens is 418 g/mol. The second-order valence-corrected chi connectivity index (χ2v) is 6.88. The molecule has 1 aliphatic heterocycles. The highest BCUT2D eigenvalue weighted by Crippen LogP contribution is 2.40. The molecule has 0 radical (unpaired) electrons. The molecule has 1 heterocycles. The van der Waals surface area contributed by atoms with E-state index < -0.39 is 23.0 Å². The van der Waals surface area contributed by atoms with Gasteiger partial charge in [0.05, 0.1) is 41.9 Å². The van der Waals surface area contributed by atoms with Crippen LogP contribution >= 0.6 is 0 Å². The van der Waals surface area contributed by atoms with Crippen molar-refractivity contribution < 1.29 is 28.7 Å². The van der Waals surface area contributed by atoms with Crippen molar-refractivity contribution >= 4 is 17.7 Å². The van der Waals surface area contributed by atoms with Crippen molar-refractivity contribution in [2.45, 2.75) is 26.5 Å². The van der Waals surface area contributed by atoms with Crippen molar-refractivity contribution in [2.24, 2.45) is 0 Å². The van der Waals surface area contributed by atoms with E-state index in [1.807, 2.05) is 18.2 Å². The first-order valence-corrected chi connectivity index (χ1v) is 9.84. The number of nitro groups is 1. The summed E-state index contributed by atoms with van der Waals surface area (Å²) in [6.07, 6.45) is 0. The van der Waals surface area contributed by atoms with Crippen LogP contribution in [-0.4, -0.2) is 30.6 Å². The number of rotatable bonds is 8. The van der Waals surface area contributed by atoms with Crippen LogP contribution in [0.1, 0.15) is 31.0 Å². The topological polar surface area (TPSA) is 129 Å². The molecule has 10 nitrogen and oxygen atoms in total. The van der Waals surface area contributed by atoms with Crippen LogP contribution < -0.4 is 20.1 Å². The van der Waals surface area contributed by atoms with Gasteiger partial charge in [0.1, 0.15) is 6.61 Å². The third kappa shape index (κ3) is 4.80. The lowest BCUT2D eigenvalue weighted by molar-refractivity contribution is -0.385. The molecular formula is C22H23N3O7. The Morgan fingerprint density at radius 3 is 2.53 bits per heavy atom. The van der Waals surface area contributed by atoms with Gasteiger partial charge < -0.3 is 24.8 Å². The van der Waals surface area contributed by atoms with Crippen LogP contribution in [0.4, 0.5) is 10.5 Å². The van der Waals surface area contributed by atoms with Crippen molar-refractivity contribution in [3.63, 3.8) is 0 Å². The molecule has 1 atom stereocenters. The van der Waals surface area contributed by atoms with Gasteiger partial charge in [-0.05, 0) is 25.5 Å². The number of nitrogens with zero attached hydrogens (tertiary/aromatic N) is 1. The lowest BCUT2D eigenvalue weighted by Gasteiger charge is -2.28. The zero-order valence-corrected chi connectivity index (χ0v) is 17.8. The molecule has 10 heteroatoms. The molecule has 0 spiro atoms. The van der Waals surface area contributed by atoms with E-state index in [1.54, 1.807) is 19.1 Å². The standard InChI is InChI=1S/C22H23N3O7/c1-4-31-18-10-15(16(25(28)29)11-17(18)30-3)20-19(13(2)23-22(27)24-20)21(26)32-12-14-8-6-5-7-9-14/h5-11,20H,4,12H2,1-3H3,(H2,23,24,27). The molecule has 0 saturated heterocycles. The molecule has 1 unspecified atom stereocenters. The fourth-order valence-corrected chi connectivity index (χ4v) is 3.38. The van der Waals surface area contributed by atoms with Gasteiger partial charge in [0.15, 0.2) is 11.5 Å². The predicted molar refractivity (Wildman–Crippen MR) is 114 cm³/mol. The number of ether oxygens (including phenoxy) is 3. The summed E-state index contributed by atoms with van der Waals surface area (Å²) in [5.41, 5.74) is 0.799. The van der Waals surface area contributed by atoms with E-state index in [-0.39, 0.29) is 47.2 Å². The number of allylic oxidation sites excluding steroid dienone is 1. The van der Waals surface area contributed by atoms with Crippen molar-refractivity contribution in [1.82, 2.24) is 10.6 Å². The van der Waals surface area contributed by atoms with Crippen molar-refractivity contribution in [1.29, 1.82) is 0 Å². The zero-order valence-electron chi connectivity index (χ0n) is 17.8. The Morgan fingerprint density at radius 1 is 1.19 bits per heavy atom. The Labute approximate surface area is 184 Å². The average Bonchev–Trinajstić information content (AvgIpc) is 2.77. The molecule has 2 aromatic rings. The van der Waals surface area contributed by atoms with Crippen LogP contribution in [0.3, 0.4) is 0 Å². The van der Waals surface area contributed by atoms with Crippen LogP contribution in [0, 0.1) is 10.1 Å². The normalized spacial score (nSPS) is 15.5. The van der Waals surface area contributed by atoms with Gasteiger partial charge in [-0.1, -0.05) is 30.3 Å². The second kappa shape index (κ2) is 9.82. The molecule has 0 aliphatic carbocycles. The van der Waals surface area contributed by atoms with Gasteiger partial charge in [0, 0.05) is 5.70 Å². The monoisotopic (exact) mass is 441 g/mol. The SMILES string of the molecule is CCOc1cc(C2NC(=O)NC(C)=C2C(=O)OCc2ccccc2)c([N+](=O)[O-])cc1OC. The summed E-state index contributed by atoms with van der Waals surface area (Å²) in [6, 6.07) is 9.95. The summed E-state index contributed by atoms with van der Waals surface area (Å²) < 4.78 is 16.2. The quantitative estimate of drug-likeness (QED) is 0.365. The number of nitrogens with one attached hydrogen (secondary N) is 2. The van der Waals surface area contributed by atoms with E-state index in [0.29, 0.717) is 0 Å². The first kappa shape index (κ1) is 22.6. The second-order valence-electron chi connectivity index (χ2n) is 6.88. The van der Waals surface area contributed by atoms with Crippen molar-refractivity contribution in [3.8, 4) is 11.5 Å². The molecule has 0 fully saturated rings. The fourth-order valence-electron chi connectivity index (χ4n) is 3.38. The van der Waals surface area contributed by atoms with E-state index in [1.165, 1.54) is 26.2 Å². The summed E-state index contributed by atoms with van der Waals surface area (Å²) in [5.74, 6) is -0.304. The zero-order chi connectivity index (χ0) is 23.3. The number of methoxy groups -OCH3 is 1. The largest absolute Gasteiger partial charge is 0.493 e. The van der Waals surface area contributed by atoms with E-state index in [4.69, 9.17) is 14.2 Å². The molecule has 32 heavy (non-hydrogen) atoms. The first-order chi connectivity index (χ1) is 15.3. The van der Waals surface area contributed by atoms with Gasteiger partial charge in [-0.25, -0.2) is 9.59 Å². The van der Waals surface area contributed by atoms with Crippen LogP contribution in [-0.2, 0) is 16.1 Å². The lowest BCUT2D eigenvalue weighted by atomic mass is 9.93. The minimum Gasteiger partial charge on any atom is -0.493 e. The molecule has 2 aromatic carbocycles. The van der Waals surface area contributed by atoms with Crippen molar-refractivity contribution in [3.05, 3.63) is 75.0 Å². The van der Waals surface area contributed by atoms with Gasteiger partial charge in [-0.3, -0.25) is 10.1 Å². The number of carbonyl (C=O) groups excluding carboxylic acids is 2. The van der Waals surface area contributed by atoms with E-state index in [9.17, 15) is 19.7 Å². The Kier molecular flexibility index (Phi) is 6.93. The van der Waals surface area contributed by atoms with Crippen LogP contribution in [0.5, 0.6) is 11.5 Å². The molecule has 0 saturated carbocycles. The summed E-state index contributed by atoms with van der Waals surface area (Å²) in [6.45, 7) is 3.58. The maximum absolute atomic E-state index is 13.0. The number of benzene rings is 2. The molecule has 168 valence electrons. The third-order valence-corrected chi connectivity index (χ3v) is 4.82. The van der Waals surface area contributed by atoms with Gasteiger partial charge >= 0.3 is 12.0 Å². The number of urea groups is 1. The predicted octanol–water partition coefficient (Wildman–Crippen LogP) is 3.37. The highest BCUT2D eigenvalue weighted by atomic mass is 16.6. The smallest absolute Gasteiger partial charge is 0.338 e. The number of esters is 1. The molecule has 1 aliphatic rings. The fraction of sp³-hybridized carbons (Fsp3) is 0.273. The van der Waals surface area contributed by atoms with Gasteiger partial charge in [-0.2, -0.15) is 0 Å². The van der Waals surface area contributed by atoms with Gasteiger partial charge in [0.2, 0.25) is 0 Å². The summed E-state index contributed by atoms with van der Waals surface area (Å²) >= 11 is 0. The number of hydrogen-bond acceptors (Lipinski definition) is 7. The first-order valence-electron chi connectivity index (χ1n) is 9.84. The van der Waals surface area contributed by atoms with Gasteiger partial charge in [-0.15, -0.1) is 0 Å². The highest BCUT2D eigenvalue weighted by molar-refractivity contribution is 5.95. The Balaban J connectivity index is 2.04. The lowest BCUT2D eigenvalue weighted by Crippen LogP contribution is -2.45. The number of amides is 2. The number of carbonyl (C=O) groups is 2. The highest BCUT2D eigenvalue weighted by Gasteiger charge is 2.37. The average molecular weight is 441 g/mol. The molecule has 3 rings (SSSR count). The minimum absolute atomic E-state index is 0.00597. The van der Waals surface area contributed by atoms with Crippen molar-refractivity contribution in [2.75, 3.05) is 13.7 Å². The van der Waals surface area contributed by atoms with E-state index in [0.717, 1.165) is 5.56 Å². The minimum atomic E-state index is -1.13. The van der Waals surface area contributed by atoms with Crippen LogP contribution in [0.25, 0.3) is 0 Å². The maximum Gasteiger partial charge on any atom is 0.338 e. The van der Waals surface area contributed by atoms with Crippen LogP contribution in [0.15, 0.2) is 53.7 Å². The number of hydrogen-bond donors (Lipinski definition) is 2. The molecule has 0 aromatic heterocycles. The summed E-state index contributed by atoms with van der Waals surface area (Å²) in [7, 11) is 1.37. The maximum atomic E-state index is 13.0. The molecule has 2 amide bonds. The van der Waals surface area contributed by atoms with Crippen LogP contribution in [0.2, 0.25) is 0 Å². The Bertz CT molecular complexity index is 1070. The Morgan fingerprint density at radius 2 is 1.91 bits per heavy atom. The summed E-state index contributed by atoms with van der Waals surface area (Å²) in [4.78, 5) is 36.4. The van der Waals surface area contributed by atoms with Gasteiger partial charge in [0.25, 0.3) is 5.69 Å². The molecule has 2 N–H and O–H groups in total. The summed E-state index contributed by atoms with van der Waals surface area (Å²) in [5, 5.41) is 16.9. The third-order valence-electron chi connectivity index (χ3n) is 4.82. The van der Waals surface area contributed by atoms with E-state index >= 15 is 0 Å². The Hall–Kier alpha value is -4.08.